The number of para-hydroxylation sites is 1. The lowest BCUT2D eigenvalue weighted by Gasteiger charge is -2.34. The molecule has 9 heteroatoms. The van der Waals surface area contributed by atoms with Crippen LogP contribution in [0.1, 0.15) is 18.1 Å². The molecule has 0 saturated carbocycles. The fourth-order valence-corrected chi connectivity index (χ4v) is 4.22. The van der Waals surface area contributed by atoms with Gasteiger partial charge in [0, 0.05) is 31.9 Å². The minimum absolute atomic E-state index is 0. The summed E-state index contributed by atoms with van der Waals surface area (Å²) in [4.78, 5) is 31.9. The number of nitrogens with zero attached hydrogens (tertiary/aromatic N) is 3. The molecule has 7 nitrogen and oxygen atoms in total. The van der Waals surface area contributed by atoms with Crippen molar-refractivity contribution in [3.8, 4) is 0 Å². The number of ether oxygens (including phenoxy) is 1. The molecule has 2 aromatic rings. The Labute approximate surface area is 207 Å². The molecule has 2 aliphatic heterocycles. The maximum absolute atomic E-state index is 13.6. The predicted molar refractivity (Wildman–Crippen MR) is 137 cm³/mol. The topological polar surface area (TPSA) is 65.1 Å². The van der Waals surface area contributed by atoms with Crippen LogP contribution in [-0.4, -0.2) is 68.2 Å². The van der Waals surface area contributed by atoms with Gasteiger partial charge in [0.05, 0.1) is 24.5 Å². The Bertz CT molecular complexity index is 964. The van der Waals surface area contributed by atoms with Crippen molar-refractivity contribution < 1.29 is 14.3 Å². The van der Waals surface area contributed by atoms with Crippen molar-refractivity contribution in [2.45, 2.75) is 19.8 Å². The van der Waals surface area contributed by atoms with Crippen LogP contribution in [0.5, 0.6) is 0 Å². The third kappa shape index (κ3) is 6.38. The number of hydrogen-bond donors (Lipinski definition) is 1. The van der Waals surface area contributed by atoms with Gasteiger partial charge in [-0.1, -0.05) is 24.3 Å². The second kappa shape index (κ2) is 12.2. The van der Waals surface area contributed by atoms with Gasteiger partial charge in [-0.05, 0) is 56.1 Å². The highest BCUT2D eigenvalue weighted by molar-refractivity contribution is 6.04. The molecular formula is C24H32Cl2N4O3. The normalized spacial score (nSPS) is 15.8. The molecule has 0 atom stereocenters. The maximum Gasteiger partial charge on any atom is 0.411 e. The number of amides is 2. The van der Waals surface area contributed by atoms with Crippen LogP contribution in [-0.2, 0) is 22.4 Å². The lowest BCUT2D eigenvalue weighted by molar-refractivity contribution is -0.119. The van der Waals surface area contributed by atoms with Gasteiger partial charge < -0.3 is 9.64 Å². The predicted octanol–water partition coefficient (Wildman–Crippen LogP) is 4.11. The number of likely N-dealkylation sites (N-methyl/N-ethyl adjacent to an activating group) is 1. The third-order valence-electron chi connectivity index (χ3n) is 5.95. The molecule has 0 unspecified atom stereocenters. The van der Waals surface area contributed by atoms with E-state index in [2.05, 4.69) is 28.2 Å². The zero-order chi connectivity index (χ0) is 21.8. The van der Waals surface area contributed by atoms with Gasteiger partial charge in [-0.25, -0.2) is 4.79 Å². The summed E-state index contributed by atoms with van der Waals surface area (Å²) >= 11 is 0. The molecule has 1 saturated heterocycles. The quantitative estimate of drug-likeness (QED) is 0.692. The molecule has 2 heterocycles. The smallest absolute Gasteiger partial charge is 0.411 e. The fraction of sp³-hybridized carbons (Fsp3) is 0.417. The van der Waals surface area contributed by atoms with Crippen LogP contribution in [0.25, 0.3) is 0 Å². The van der Waals surface area contributed by atoms with Gasteiger partial charge in [-0.3, -0.25) is 19.9 Å². The second-order valence-corrected chi connectivity index (χ2v) is 8.13. The number of benzene rings is 2. The van der Waals surface area contributed by atoms with E-state index in [0.717, 1.165) is 61.5 Å². The van der Waals surface area contributed by atoms with E-state index >= 15 is 0 Å². The van der Waals surface area contributed by atoms with E-state index in [-0.39, 0.29) is 30.7 Å². The van der Waals surface area contributed by atoms with Crippen LogP contribution in [0.2, 0.25) is 0 Å². The first-order chi connectivity index (χ1) is 15.0. The standard InChI is InChI=1S/C24H30N4O3.2ClH/c1-3-31-24(30)25-20-11-10-19-9-8-18-6-4-5-7-21(18)28(22(19)16-20)23(29)17-27-14-12-26(2)13-15-27;;/h4-7,10-11,16H,3,8-9,12-15,17H2,1-2H3,(H,25,30);2*1H. The number of nitrogens with one attached hydrogen (secondary N) is 1. The van der Waals surface area contributed by atoms with Crippen LogP contribution in [0.4, 0.5) is 21.9 Å². The summed E-state index contributed by atoms with van der Waals surface area (Å²) in [6.45, 7) is 6.15. The highest BCUT2D eigenvalue weighted by atomic mass is 35.5. The molecule has 1 fully saturated rings. The maximum atomic E-state index is 13.6. The zero-order valence-corrected chi connectivity index (χ0v) is 20.7. The molecule has 0 spiro atoms. The van der Waals surface area contributed by atoms with Gasteiger partial charge in [0.25, 0.3) is 0 Å². The molecule has 0 radical (unpaired) electrons. The SMILES string of the molecule is CCOC(=O)Nc1ccc2c(c1)N(C(=O)CN1CCN(C)CC1)c1ccccc1CC2.Cl.Cl. The van der Waals surface area contributed by atoms with Crippen LogP contribution < -0.4 is 10.2 Å². The summed E-state index contributed by atoms with van der Waals surface area (Å²) < 4.78 is 5.01. The molecule has 2 amide bonds. The number of carbonyl (C=O) groups is 2. The van der Waals surface area contributed by atoms with Gasteiger partial charge >= 0.3 is 6.09 Å². The number of halogens is 2. The Kier molecular flexibility index (Phi) is 9.98. The highest BCUT2D eigenvalue weighted by Gasteiger charge is 2.28. The fourth-order valence-electron chi connectivity index (χ4n) is 4.22. The monoisotopic (exact) mass is 494 g/mol. The first-order valence-corrected chi connectivity index (χ1v) is 10.9. The van der Waals surface area contributed by atoms with E-state index in [1.54, 1.807) is 6.92 Å². The van der Waals surface area contributed by atoms with Crippen LogP contribution in [0, 0.1) is 0 Å². The third-order valence-corrected chi connectivity index (χ3v) is 5.95. The number of rotatable bonds is 4. The van der Waals surface area contributed by atoms with Crippen LogP contribution in [0.3, 0.4) is 0 Å². The average molecular weight is 495 g/mol. The van der Waals surface area contributed by atoms with Crippen molar-refractivity contribution in [3.05, 3.63) is 53.6 Å². The number of piperazine rings is 1. The van der Waals surface area contributed by atoms with E-state index in [9.17, 15) is 9.59 Å². The Morgan fingerprint density at radius 1 is 0.939 bits per heavy atom. The van der Waals surface area contributed by atoms with Crippen molar-refractivity contribution in [3.63, 3.8) is 0 Å². The first-order valence-electron chi connectivity index (χ1n) is 10.9. The van der Waals surface area contributed by atoms with E-state index in [1.807, 2.05) is 41.3 Å². The van der Waals surface area contributed by atoms with Crippen molar-refractivity contribution in [2.24, 2.45) is 0 Å². The number of anilines is 3. The average Bonchev–Trinajstić information content (AvgIpc) is 2.92. The summed E-state index contributed by atoms with van der Waals surface area (Å²) in [6, 6.07) is 13.9. The molecule has 33 heavy (non-hydrogen) atoms. The van der Waals surface area contributed by atoms with Crippen molar-refractivity contribution in [1.29, 1.82) is 0 Å². The minimum Gasteiger partial charge on any atom is -0.450 e. The lowest BCUT2D eigenvalue weighted by atomic mass is 10.0. The van der Waals surface area contributed by atoms with Gasteiger partial charge in [-0.2, -0.15) is 0 Å². The van der Waals surface area contributed by atoms with Crippen LogP contribution >= 0.6 is 24.8 Å². The van der Waals surface area contributed by atoms with Crippen molar-refractivity contribution in [1.82, 2.24) is 9.80 Å². The largest absolute Gasteiger partial charge is 0.450 e. The van der Waals surface area contributed by atoms with E-state index in [1.165, 1.54) is 0 Å². The summed E-state index contributed by atoms with van der Waals surface area (Å²) in [5.41, 5.74) is 4.63. The summed E-state index contributed by atoms with van der Waals surface area (Å²) in [7, 11) is 2.11. The first kappa shape index (κ1) is 26.9. The number of aryl methyl sites for hydroxylation is 2. The second-order valence-electron chi connectivity index (χ2n) is 8.13. The molecule has 180 valence electrons. The van der Waals surface area contributed by atoms with Gasteiger partial charge in [0.1, 0.15) is 0 Å². The summed E-state index contributed by atoms with van der Waals surface area (Å²) in [5.74, 6) is 0.0495. The van der Waals surface area contributed by atoms with E-state index in [4.69, 9.17) is 4.74 Å². The molecule has 2 aromatic carbocycles. The molecule has 0 bridgehead atoms. The van der Waals surface area contributed by atoms with Gasteiger partial charge in [0.2, 0.25) is 5.91 Å². The summed E-state index contributed by atoms with van der Waals surface area (Å²) in [5, 5.41) is 2.77. The molecule has 2 aliphatic rings. The molecular weight excluding hydrogens is 463 g/mol. The molecule has 0 aromatic heterocycles. The molecule has 1 N–H and O–H groups in total. The Morgan fingerprint density at radius 2 is 1.61 bits per heavy atom. The Balaban J connectivity index is 0.00000193. The minimum atomic E-state index is -0.494. The van der Waals surface area contributed by atoms with Crippen LogP contribution in [0.15, 0.2) is 42.5 Å². The lowest BCUT2D eigenvalue weighted by Crippen LogP contribution is -2.48. The number of fused-ring (bicyclic) bond motifs is 2. The molecule has 0 aliphatic carbocycles. The highest BCUT2D eigenvalue weighted by Crippen LogP contribution is 2.37. The van der Waals surface area contributed by atoms with Crippen molar-refractivity contribution >= 4 is 53.9 Å². The van der Waals surface area contributed by atoms with E-state index in [0.29, 0.717) is 18.8 Å². The van der Waals surface area contributed by atoms with Gasteiger partial charge in [-0.15, -0.1) is 24.8 Å². The van der Waals surface area contributed by atoms with Crippen molar-refractivity contribution in [2.75, 3.05) is 56.6 Å². The Hall–Kier alpha value is -2.32. The zero-order valence-electron chi connectivity index (χ0n) is 19.1. The van der Waals surface area contributed by atoms with E-state index < -0.39 is 6.09 Å². The molecule has 4 rings (SSSR count). The number of hydrogen-bond acceptors (Lipinski definition) is 5. The Morgan fingerprint density at radius 3 is 2.30 bits per heavy atom. The summed E-state index contributed by atoms with van der Waals surface area (Å²) in [6.07, 6.45) is 1.21. The number of carbonyl (C=O) groups excluding carboxylic acids is 2. The van der Waals surface area contributed by atoms with Gasteiger partial charge in [0.15, 0.2) is 0 Å².